The normalized spacial score (nSPS) is 10.5. The topological polar surface area (TPSA) is 12.0 Å². The predicted molar refractivity (Wildman–Crippen MR) is 74.8 cm³/mol. The lowest BCUT2D eigenvalue weighted by molar-refractivity contribution is 0.590. The maximum absolute atomic E-state index is 13.7. The number of halogens is 2. The van der Waals surface area contributed by atoms with E-state index in [9.17, 15) is 8.78 Å². The van der Waals surface area contributed by atoms with E-state index < -0.39 is 11.6 Å². The van der Waals surface area contributed by atoms with Crippen LogP contribution in [0, 0.1) is 11.6 Å². The zero-order valence-electron chi connectivity index (χ0n) is 11.1. The van der Waals surface area contributed by atoms with E-state index in [-0.39, 0.29) is 5.69 Å². The molecule has 0 heterocycles. The maximum Gasteiger partial charge on any atom is 0.149 e. The summed E-state index contributed by atoms with van der Waals surface area (Å²) in [7, 11) is 0. The first-order valence-electron chi connectivity index (χ1n) is 6.49. The first-order valence-corrected chi connectivity index (χ1v) is 6.49. The molecule has 2 aromatic carbocycles. The molecule has 0 bridgehead atoms. The van der Waals surface area contributed by atoms with E-state index in [1.165, 1.54) is 18.2 Å². The average Bonchev–Trinajstić information content (AvgIpc) is 2.42. The van der Waals surface area contributed by atoms with Crippen molar-refractivity contribution in [2.75, 3.05) is 5.32 Å². The molecule has 0 amide bonds. The summed E-state index contributed by atoms with van der Waals surface area (Å²) in [6.07, 6.45) is 1.62. The molecule has 100 valence electrons. The van der Waals surface area contributed by atoms with Crippen LogP contribution in [-0.2, 0) is 12.8 Å². The molecular formula is C16H17F2N. The van der Waals surface area contributed by atoms with Crippen LogP contribution < -0.4 is 5.32 Å². The Kier molecular flexibility index (Phi) is 4.15. The predicted octanol–water partition coefficient (Wildman–Crippen LogP) is 4.83. The van der Waals surface area contributed by atoms with Gasteiger partial charge in [-0.2, -0.15) is 0 Å². The van der Waals surface area contributed by atoms with E-state index in [2.05, 4.69) is 5.32 Å². The Morgan fingerprint density at radius 2 is 1.26 bits per heavy atom. The summed E-state index contributed by atoms with van der Waals surface area (Å²) in [6.45, 7) is 4.05. The molecule has 2 aromatic rings. The van der Waals surface area contributed by atoms with Gasteiger partial charge in [-0.15, -0.1) is 0 Å². The van der Waals surface area contributed by atoms with Crippen LogP contribution in [0.4, 0.5) is 20.2 Å². The Morgan fingerprint density at radius 1 is 0.789 bits per heavy atom. The van der Waals surface area contributed by atoms with Crippen LogP contribution in [0.5, 0.6) is 0 Å². The minimum Gasteiger partial charge on any atom is -0.350 e. The molecule has 0 fully saturated rings. The zero-order valence-corrected chi connectivity index (χ0v) is 11.1. The average molecular weight is 261 g/mol. The van der Waals surface area contributed by atoms with Gasteiger partial charge < -0.3 is 5.32 Å². The highest BCUT2D eigenvalue weighted by molar-refractivity contribution is 5.67. The van der Waals surface area contributed by atoms with E-state index in [1.54, 1.807) is 0 Å². The monoisotopic (exact) mass is 261 g/mol. The Bertz CT molecular complexity index is 536. The van der Waals surface area contributed by atoms with Crippen LogP contribution in [0.15, 0.2) is 36.4 Å². The Balaban J connectivity index is 2.48. The summed E-state index contributed by atoms with van der Waals surface area (Å²) in [5.41, 5.74) is 2.85. The third-order valence-electron chi connectivity index (χ3n) is 3.21. The van der Waals surface area contributed by atoms with Gasteiger partial charge in [0.05, 0.1) is 0 Å². The minimum absolute atomic E-state index is 0.0851. The van der Waals surface area contributed by atoms with Gasteiger partial charge in [0, 0.05) is 5.69 Å². The number of anilines is 2. The fraction of sp³-hybridized carbons (Fsp3) is 0.250. The zero-order chi connectivity index (χ0) is 13.8. The van der Waals surface area contributed by atoms with Gasteiger partial charge >= 0.3 is 0 Å². The van der Waals surface area contributed by atoms with Crippen LogP contribution in [0.1, 0.15) is 25.0 Å². The summed E-state index contributed by atoms with van der Waals surface area (Å²) < 4.78 is 27.4. The van der Waals surface area contributed by atoms with Gasteiger partial charge in [0.25, 0.3) is 0 Å². The van der Waals surface area contributed by atoms with Crippen molar-refractivity contribution in [1.82, 2.24) is 0 Å². The first kappa shape index (κ1) is 13.5. The van der Waals surface area contributed by atoms with Crippen molar-refractivity contribution in [3.63, 3.8) is 0 Å². The number of hydrogen-bond acceptors (Lipinski definition) is 1. The molecule has 1 nitrogen and oxygen atoms in total. The van der Waals surface area contributed by atoms with Gasteiger partial charge in [-0.1, -0.05) is 38.1 Å². The van der Waals surface area contributed by atoms with E-state index in [0.717, 1.165) is 29.7 Å². The van der Waals surface area contributed by atoms with Crippen LogP contribution in [0.25, 0.3) is 0 Å². The molecule has 0 saturated carbocycles. The highest BCUT2D eigenvalue weighted by Crippen LogP contribution is 2.29. The second kappa shape index (κ2) is 5.83. The molecule has 0 aliphatic heterocycles. The molecule has 0 aromatic heterocycles. The molecule has 3 heteroatoms. The van der Waals surface area contributed by atoms with Crippen molar-refractivity contribution in [3.05, 3.63) is 59.2 Å². The van der Waals surface area contributed by atoms with E-state index in [0.29, 0.717) is 0 Å². The number of hydrogen-bond donors (Lipinski definition) is 1. The van der Waals surface area contributed by atoms with Crippen molar-refractivity contribution in [1.29, 1.82) is 0 Å². The lowest BCUT2D eigenvalue weighted by Gasteiger charge is -2.16. The van der Waals surface area contributed by atoms with Crippen molar-refractivity contribution in [2.45, 2.75) is 26.7 Å². The molecular weight excluding hydrogens is 244 g/mol. The quantitative estimate of drug-likeness (QED) is 0.831. The third-order valence-corrected chi connectivity index (χ3v) is 3.21. The van der Waals surface area contributed by atoms with Gasteiger partial charge in [0.1, 0.15) is 17.3 Å². The largest absolute Gasteiger partial charge is 0.350 e. The molecule has 0 atom stereocenters. The Labute approximate surface area is 112 Å². The number of benzene rings is 2. The van der Waals surface area contributed by atoms with Gasteiger partial charge in [-0.05, 0) is 36.1 Å². The molecule has 1 N–H and O–H groups in total. The van der Waals surface area contributed by atoms with Crippen LogP contribution in [0.2, 0.25) is 0 Å². The molecule has 0 radical (unpaired) electrons. The third kappa shape index (κ3) is 2.75. The smallest absolute Gasteiger partial charge is 0.149 e. The van der Waals surface area contributed by atoms with Crippen molar-refractivity contribution in [2.24, 2.45) is 0 Å². The summed E-state index contributed by atoms with van der Waals surface area (Å²) >= 11 is 0. The molecule has 0 spiro atoms. The van der Waals surface area contributed by atoms with Crippen LogP contribution in [0.3, 0.4) is 0 Å². The Hall–Kier alpha value is -1.90. The minimum atomic E-state index is -0.576. The summed E-state index contributed by atoms with van der Waals surface area (Å²) in [4.78, 5) is 0. The number of rotatable bonds is 4. The van der Waals surface area contributed by atoms with Crippen molar-refractivity contribution in [3.8, 4) is 0 Å². The lowest BCUT2D eigenvalue weighted by Crippen LogP contribution is -2.03. The van der Waals surface area contributed by atoms with Crippen molar-refractivity contribution < 1.29 is 8.78 Å². The highest BCUT2D eigenvalue weighted by atomic mass is 19.1. The fourth-order valence-corrected chi connectivity index (χ4v) is 2.15. The molecule has 2 rings (SSSR count). The fourth-order valence-electron chi connectivity index (χ4n) is 2.15. The summed E-state index contributed by atoms with van der Waals surface area (Å²) in [5.74, 6) is -1.15. The molecule has 0 saturated heterocycles. The van der Waals surface area contributed by atoms with Crippen LogP contribution >= 0.6 is 0 Å². The molecule has 0 aliphatic rings. The van der Waals surface area contributed by atoms with E-state index in [4.69, 9.17) is 0 Å². The highest BCUT2D eigenvalue weighted by Gasteiger charge is 2.12. The van der Waals surface area contributed by atoms with E-state index in [1.807, 2.05) is 32.0 Å². The summed E-state index contributed by atoms with van der Waals surface area (Å²) in [5, 5.41) is 2.93. The van der Waals surface area contributed by atoms with E-state index >= 15 is 0 Å². The number of nitrogens with one attached hydrogen (secondary N) is 1. The van der Waals surface area contributed by atoms with Gasteiger partial charge in [0.2, 0.25) is 0 Å². The standard InChI is InChI=1S/C16H17F2N/c1-3-11-7-5-8-12(4-2)15(11)19-16-13(17)9-6-10-14(16)18/h5-10,19H,3-4H2,1-2H3. The molecule has 19 heavy (non-hydrogen) atoms. The SMILES string of the molecule is CCc1cccc(CC)c1Nc1c(F)cccc1F. The second-order valence-corrected chi connectivity index (χ2v) is 4.38. The number of aryl methyl sites for hydroxylation is 2. The van der Waals surface area contributed by atoms with Crippen molar-refractivity contribution >= 4 is 11.4 Å². The second-order valence-electron chi connectivity index (χ2n) is 4.38. The molecule has 0 aliphatic carbocycles. The van der Waals surface area contributed by atoms with Gasteiger partial charge in [0.15, 0.2) is 0 Å². The molecule has 0 unspecified atom stereocenters. The van der Waals surface area contributed by atoms with Gasteiger partial charge in [-0.3, -0.25) is 0 Å². The lowest BCUT2D eigenvalue weighted by atomic mass is 10.0. The number of para-hydroxylation sites is 2. The maximum atomic E-state index is 13.7. The first-order chi connectivity index (χ1) is 9.17. The van der Waals surface area contributed by atoms with Crippen LogP contribution in [-0.4, -0.2) is 0 Å². The van der Waals surface area contributed by atoms with Gasteiger partial charge in [-0.25, -0.2) is 8.78 Å². The summed E-state index contributed by atoms with van der Waals surface area (Å²) in [6, 6.07) is 9.79. The Morgan fingerprint density at radius 3 is 1.74 bits per heavy atom.